The van der Waals surface area contributed by atoms with Crippen LogP contribution in [0.3, 0.4) is 0 Å². The van der Waals surface area contributed by atoms with Crippen molar-refractivity contribution in [1.82, 2.24) is 4.90 Å². The van der Waals surface area contributed by atoms with Crippen LogP contribution in [0.25, 0.3) is 0 Å². The van der Waals surface area contributed by atoms with E-state index in [0.29, 0.717) is 54.2 Å². The molecule has 2 aliphatic rings. The molecule has 3 aromatic rings. The number of carboxylic acid groups (broad SMARTS) is 2. The molecule has 2 heterocycles. The van der Waals surface area contributed by atoms with E-state index in [1.807, 2.05) is 12.1 Å². The summed E-state index contributed by atoms with van der Waals surface area (Å²) in [6.07, 6.45) is -0.0524. The maximum Gasteiger partial charge on any atom is 0.490 e. The summed E-state index contributed by atoms with van der Waals surface area (Å²) in [5.74, 6) is -5.30. The average Bonchev–Trinajstić information content (AvgIpc) is 3.51. The number of carbonyl (C=O) groups is 6. The number of benzene rings is 2. The van der Waals surface area contributed by atoms with Crippen LogP contribution in [0.1, 0.15) is 72.1 Å². The summed E-state index contributed by atoms with van der Waals surface area (Å²) in [4.78, 5) is 72.9. The molecule has 4 amide bonds. The average molecular weight is 734 g/mol. The number of aryl methyl sites for hydroxylation is 1. The number of rotatable bonds is 8. The fourth-order valence-corrected chi connectivity index (χ4v) is 6.73. The van der Waals surface area contributed by atoms with Gasteiger partial charge >= 0.3 is 18.1 Å². The second-order valence-electron chi connectivity index (χ2n) is 11.6. The van der Waals surface area contributed by atoms with Crippen molar-refractivity contribution in [2.45, 2.75) is 51.2 Å². The van der Waals surface area contributed by atoms with Gasteiger partial charge in [0.25, 0.3) is 17.7 Å². The Hall–Kier alpha value is -5.29. The fraction of sp³-hybridized carbons (Fsp3) is 0.353. The Kier molecular flexibility index (Phi) is 14.2. The number of nitrogens with two attached hydrogens (primary N) is 3. The molecule has 17 heteroatoms. The van der Waals surface area contributed by atoms with Crippen molar-refractivity contribution in [1.29, 1.82) is 0 Å². The van der Waals surface area contributed by atoms with Crippen molar-refractivity contribution in [3.05, 3.63) is 86.6 Å². The maximum absolute atomic E-state index is 12.9. The van der Waals surface area contributed by atoms with Crippen LogP contribution < -0.4 is 22.1 Å². The van der Waals surface area contributed by atoms with Crippen LogP contribution in [-0.2, 0) is 33.8 Å². The van der Waals surface area contributed by atoms with Gasteiger partial charge in [-0.1, -0.05) is 30.3 Å². The number of fused-ring (bicyclic) bond motifs is 1. The number of carbonyl (C=O) groups excluding carboxylic acids is 4. The van der Waals surface area contributed by atoms with Crippen LogP contribution in [0.4, 0.5) is 18.9 Å². The standard InChI is InChI=1S/C16H21N3O3S.C16H16N2O3.C2HF3O2/c17-14(20)9-5-7-19(8-6-9)16(22)12-10-3-1-2-4-11(10)23-13(12)15(18)21;17-10-12-5-4-6-13(9-12)16(21)18(11-15(19)20)14-7-2-1-3-8-14;3-2(4,5)1(6)7/h9H,1-8H2,(H2,17,20)(H2,18,21);1-9H,10-11,17H2,(H,19,20);(H,6,7). The van der Waals surface area contributed by atoms with Gasteiger partial charge in [0.2, 0.25) is 5.91 Å². The van der Waals surface area contributed by atoms with E-state index in [0.717, 1.165) is 41.7 Å². The second kappa shape index (κ2) is 18.1. The Morgan fingerprint density at radius 1 is 0.902 bits per heavy atom. The van der Waals surface area contributed by atoms with Crippen LogP contribution in [0, 0.1) is 5.92 Å². The first-order chi connectivity index (χ1) is 24.0. The van der Waals surface area contributed by atoms with Crippen molar-refractivity contribution < 1.29 is 52.2 Å². The first-order valence-corrected chi connectivity index (χ1v) is 16.6. The van der Waals surface area contributed by atoms with Crippen molar-refractivity contribution in [2.24, 2.45) is 23.1 Å². The number of alkyl halides is 3. The maximum atomic E-state index is 12.9. The predicted molar refractivity (Wildman–Crippen MR) is 181 cm³/mol. The highest BCUT2D eigenvalue weighted by Gasteiger charge is 2.38. The molecule has 51 heavy (non-hydrogen) atoms. The van der Waals surface area contributed by atoms with E-state index in [4.69, 9.17) is 32.2 Å². The van der Waals surface area contributed by atoms with Crippen molar-refractivity contribution in [3.63, 3.8) is 0 Å². The van der Waals surface area contributed by atoms with Crippen LogP contribution >= 0.6 is 11.3 Å². The number of piperidine rings is 1. The molecule has 1 saturated heterocycles. The van der Waals surface area contributed by atoms with Crippen LogP contribution in [0.2, 0.25) is 0 Å². The molecule has 1 aliphatic carbocycles. The normalized spacial score (nSPS) is 14.1. The number of thiophene rings is 1. The van der Waals surface area contributed by atoms with Crippen LogP contribution in [0.15, 0.2) is 54.6 Å². The van der Waals surface area contributed by atoms with Gasteiger partial charge in [0, 0.05) is 41.7 Å². The van der Waals surface area contributed by atoms with E-state index in [1.165, 1.54) is 16.2 Å². The minimum atomic E-state index is -5.08. The van der Waals surface area contributed by atoms with Crippen molar-refractivity contribution >= 4 is 52.6 Å². The molecule has 0 unspecified atom stereocenters. The molecule has 8 N–H and O–H groups in total. The Bertz CT molecular complexity index is 1740. The van der Waals surface area contributed by atoms with Crippen molar-refractivity contribution in [2.75, 3.05) is 24.5 Å². The van der Waals surface area contributed by atoms with Gasteiger partial charge in [-0.3, -0.25) is 28.9 Å². The quantitative estimate of drug-likeness (QED) is 0.228. The zero-order valence-electron chi connectivity index (χ0n) is 27.4. The molecule has 5 rings (SSSR count). The molecule has 0 saturated carbocycles. The Morgan fingerprint density at radius 2 is 1.51 bits per heavy atom. The van der Waals surface area contributed by atoms with E-state index >= 15 is 0 Å². The third kappa shape index (κ3) is 11.1. The van der Waals surface area contributed by atoms with E-state index in [-0.39, 0.29) is 23.6 Å². The molecule has 2 aromatic carbocycles. The highest BCUT2D eigenvalue weighted by Crippen LogP contribution is 2.35. The number of primary amides is 2. The first-order valence-electron chi connectivity index (χ1n) is 15.8. The van der Waals surface area contributed by atoms with Gasteiger partial charge in [0.15, 0.2) is 0 Å². The number of carboxylic acids is 2. The van der Waals surface area contributed by atoms with Gasteiger partial charge in [-0.2, -0.15) is 13.2 Å². The monoisotopic (exact) mass is 733 g/mol. The number of amides is 4. The topological polar surface area (TPSA) is 227 Å². The summed E-state index contributed by atoms with van der Waals surface area (Å²) in [5.41, 5.74) is 19.7. The Labute approximate surface area is 294 Å². The lowest BCUT2D eigenvalue weighted by molar-refractivity contribution is -0.192. The number of aliphatic carboxylic acids is 2. The summed E-state index contributed by atoms with van der Waals surface area (Å²) in [7, 11) is 0. The largest absolute Gasteiger partial charge is 0.490 e. The van der Waals surface area contributed by atoms with E-state index in [2.05, 4.69) is 0 Å². The molecule has 0 radical (unpaired) electrons. The molecule has 1 aliphatic heterocycles. The molecular weight excluding hydrogens is 695 g/mol. The lowest BCUT2D eigenvalue weighted by atomic mass is 9.92. The minimum Gasteiger partial charge on any atom is -0.480 e. The number of halogens is 3. The first kappa shape index (κ1) is 40.1. The molecule has 0 atom stereocenters. The molecule has 13 nitrogen and oxygen atoms in total. The Balaban J connectivity index is 0.000000234. The second-order valence-corrected chi connectivity index (χ2v) is 12.7. The van der Waals surface area contributed by atoms with Crippen LogP contribution in [-0.4, -0.2) is 76.5 Å². The van der Waals surface area contributed by atoms with Gasteiger partial charge in [0.05, 0.1) is 5.56 Å². The fourth-order valence-electron chi connectivity index (χ4n) is 5.50. The van der Waals surface area contributed by atoms with Gasteiger partial charge < -0.3 is 32.3 Å². The summed E-state index contributed by atoms with van der Waals surface area (Å²) in [6, 6.07) is 15.6. The SMILES string of the molecule is NC(=O)c1sc2c(c1C(=O)N1CCC(C(N)=O)CC1)CCCC2.NCc1cccc(C(=O)N(CC(=O)O)c2ccccc2)c1.O=C(O)C(F)(F)F. The summed E-state index contributed by atoms with van der Waals surface area (Å²) in [5, 5.41) is 16.2. The molecular formula is C34H38F3N5O8S. The number of likely N-dealkylation sites (tertiary alicyclic amines) is 1. The third-order valence-electron chi connectivity index (χ3n) is 8.05. The third-order valence-corrected chi connectivity index (χ3v) is 9.36. The molecule has 1 aromatic heterocycles. The summed E-state index contributed by atoms with van der Waals surface area (Å²) in [6.45, 7) is 0.922. The molecule has 0 bridgehead atoms. The van der Waals surface area contributed by atoms with Crippen LogP contribution in [0.5, 0.6) is 0 Å². The van der Waals surface area contributed by atoms with E-state index in [1.54, 1.807) is 47.4 Å². The highest BCUT2D eigenvalue weighted by molar-refractivity contribution is 7.14. The number of para-hydroxylation sites is 1. The van der Waals surface area contributed by atoms with Gasteiger partial charge in [-0.05, 0) is 73.9 Å². The predicted octanol–water partition coefficient (Wildman–Crippen LogP) is 3.57. The minimum absolute atomic E-state index is 0.124. The number of nitrogens with zero attached hydrogens (tertiary/aromatic N) is 2. The van der Waals surface area contributed by atoms with Gasteiger partial charge in [-0.15, -0.1) is 11.3 Å². The lowest BCUT2D eigenvalue weighted by Crippen LogP contribution is -2.42. The van der Waals surface area contributed by atoms with Crippen molar-refractivity contribution in [3.8, 4) is 0 Å². The smallest absolute Gasteiger partial charge is 0.480 e. The number of hydrogen-bond acceptors (Lipinski definition) is 8. The summed E-state index contributed by atoms with van der Waals surface area (Å²) < 4.78 is 31.7. The summed E-state index contributed by atoms with van der Waals surface area (Å²) >= 11 is 1.37. The van der Waals surface area contributed by atoms with E-state index < -0.39 is 30.6 Å². The lowest BCUT2D eigenvalue weighted by Gasteiger charge is -2.31. The molecule has 1 fully saturated rings. The van der Waals surface area contributed by atoms with Gasteiger partial charge in [-0.25, -0.2) is 4.79 Å². The number of anilines is 1. The zero-order chi connectivity index (χ0) is 37.9. The zero-order valence-corrected chi connectivity index (χ0v) is 28.2. The van der Waals surface area contributed by atoms with E-state index in [9.17, 15) is 37.1 Å². The number of hydrogen-bond donors (Lipinski definition) is 5. The highest BCUT2D eigenvalue weighted by atomic mass is 32.1. The Morgan fingerprint density at radius 3 is 2.04 bits per heavy atom. The molecule has 274 valence electrons. The van der Waals surface area contributed by atoms with Gasteiger partial charge in [0.1, 0.15) is 11.4 Å². The molecule has 0 spiro atoms.